The number of carboxylic acids is 1. The van der Waals surface area contributed by atoms with Gasteiger partial charge in [-0.2, -0.15) is 0 Å². The molecule has 1 amide bonds. The number of piperazine rings is 1. The van der Waals surface area contributed by atoms with Gasteiger partial charge in [0, 0.05) is 37.8 Å². The minimum Gasteiger partial charge on any atom is -0.478 e. The molecule has 2 aliphatic rings. The van der Waals surface area contributed by atoms with Gasteiger partial charge in [0.1, 0.15) is 6.61 Å². The maximum atomic E-state index is 12.8. The first-order chi connectivity index (χ1) is 16.6. The molecular weight excluding hydrogens is 434 g/mol. The summed E-state index contributed by atoms with van der Waals surface area (Å²) in [7, 11) is 0. The second-order valence-electron chi connectivity index (χ2n) is 8.42. The maximum Gasteiger partial charge on any atom is 0.409 e. The lowest BCUT2D eigenvalue weighted by atomic mass is 9.98. The Morgan fingerprint density at radius 2 is 1.53 bits per heavy atom. The van der Waals surface area contributed by atoms with E-state index in [4.69, 9.17) is 9.94 Å². The van der Waals surface area contributed by atoms with Gasteiger partial charge in [-0.15, -0.1) is 0 Å². The number of aromatic carboxylic acids is 1. The number of hydrogen-bond acceptors (Lipinski definition) is 6. The van der Waals surface area contributed by atoms with E-state index in [-0.39, 0.29) is 29.9 Å². The monoisotopic (exact) mass is 459 g/mol. The largest absolute Gasteiger partial charge is 0.478 e. The van der Waals surface area contributed by atoms with E-state index in [9.17, 15) is 14.7 Å². The van der Waals surface area contributed by atoms with Gasteiger partial charge in [-0.25, -0.2) is 9.59 Å². The van der Waals surface area contributed by atoms with E-state index in [1.807, 2.05) is 34.6 Å². The highest BCUT2D eigenvalue weighted by atomic mass is 16.6. The molecule has 1 saturated heterocycles. The van der Waals surface area contributed by atoms with Crippen molar-refractivity contribution >= 4 is 23.4 Å². The van der Waals surface area contributed by atoms with Crippen molar-refractivity contribution in [3.8, 4) is 11.1 Å². The fourth-order valence-corrected chi connectivity index (χ4v) is 4.84. The predicted molar refractivity (Wildman–Crippen MR) is 128 cm³/mol. The summed E-state index contributed by atoms with van der Waals surface area (Å²) in [6.45, 7) is 2.33. The summed E-state index contributed by atoms with van der Waals surface area (Å²) >= 11 is 0. The molecule has 0 aromatic heterocycles. The molecule has 3 N–H and O–H groups in total. The van der Waals surface area contributed by atoms with E-state index in [0.29, 0.717) is 26.2 Å². The summed E-state index contributed by atoms with van der Waals surface area (Å²) in [5, 5.41) is 18.5. The quantitative estimate of drug-likeness (QED) is 0.490. The van der Waals surface area contributed by atoms with E-state index in [1.165, 1.54) is 34.4 Å². The first-order valence-corrected chi connectivity index (χ1v) is 11.2. The Balaban J connectivity index is 1.21. The van der Waals surface area contributed by atoms with Crippen LogP contribution in [0.1, 0.15) is 27.4 Å². The summed E-state index contributed by atoms with van der Waals surface area (Å²) < 4.78 is 5.76. The van der Waals surface area contributed by atoms with Crippen LogP contribution in [0.15, 0.2) is 66.7 Å². The third-order valence-electron chi connectivity index (χ3n) is 6.59. The van der Waals surface area contributed by atoms with Crippen LogP contribution < -0.4 is 10.4 Å². The van der Waals surface area contributed by atoms with Crippen molar-refractivity contribution in [2.24, 2.45) is 0 Å². The average Bonchev–Trinajstić information content (AvgIpc) is 3.20. The van der Waals surface area contributed by atoms with E-state index < -0.39 is 5.97 Å². The minimum absolute atomic E-state index is 0.0148. The van der Waals surface area contributed by atoms with Gasteiger partial charge in [0.15, 0.2) is 0 Å². The van der Waals surface area contributed by atoms with Gasteiger partial charge >= 0.3 is 12.1 Å². The summed E-state index contributed by atoms with van der Waals surface area (Å²) in [5.74, 6) is -1.11. The molecular formula is C26H25N3O5. The molecule has 1 heterocycles. The van der Waals surface area contributed by atoms with Crippen LogP contribution in [0.2, 0.25) is 0 Å². The Bertz CT molecular complexity index is 1190. The molecule has 3 aromatic carbocycles. The van der Waals surface area contributed by atoms with Crippen molar-refractivity contribution in [2.75, 3.05) is 43.2 Å². The van der Waals surface area contributed by atoms with Crippen LogP contribution >= 0.6 is 0 Å². The van der Waals surface area contributed by atoms with Crippen molar-refractivity contribution in [3.63, 3.8) is 0 Å². The molecule has 0 unspecified atom stereocenters. The van der Waals surface area contributed by atoms with Crippen LogP contribution in [0.25, 0.3) is 11.1 Å². The van der Waals surface area contributed by atoms with E-state index in [2.05, 4.69) is 24.3 Å². The number of ether oxygens (including phenoxy) is 1. The number of fused-ring (bicyclic) bond motifs is 3. The van der Waals surface area contributed by atoms with Crippen molar-refractivity contribution in [1.82, 2.24) is 4.90 Å². The first-order valence-electron chi connectivity index (χ1n) is 11.2. The number of anilines is 2. The topological polar surface area (TPSA) is 102 Å². The normalized spacial score (nSPS) is 15.0. The van der Waals surface area contributed by atoms with E-state index >= 15 is 0 Å². The van der Waals surface area contributed by atoms with E-state index in [1.54, 1.807) is 11.0 Å². The fourth-order valence-electron chi connectivity index (χ4n) is 4.84. The molecule has 1 aliphatic carbocycles. The Hall–Kier alpha value is -4.04. The zero-order valence-corrected chi connectivity index (χ0v) is 18.5. The zero-order valence-electron chi connectivity index (χ0n) is 18.5. The molecule has 3 aromatic rings. The summed E-state index contributed by atoms with van der Waals surface area (Å²) in [4.78, 5) is 28.0. The van der Waals surface area contributed by atoms with Gasteiger partial charge in [-0.05, 0) is 40.5 Å². The number of carbonyl (C=O) groups excluding carboxylic acids is 1. The van der Waals surface area contributed by atoms with Crippen molar-refractivity contribution in [1.29, 1.82) is 0 Å². The lowest BCUT2D eigenvalue weighted by molar-refractivity contribution is 0.0697. The molecule has 0 atom stereocenters. The molecule has 1 aliphatic heterocycles. The average molecular weight is 460 g/mol. The van der Waals surface area contributed by atoms with Crippen LogP contribution in [0.3, 0.4) is 0 Å². The van der Waals surface area contributed by atoms with Gasteiger partial charge < -0.3 is 19.6 Å². The first kappa shape index (κ1) is 21.8. The Labute approximate surface area is 197 Å². The standard InChI is InChI=1S/C26H25N3O5/c30-25(31)22-15-17(9-10-24(22)27-33)28-11-13-29(14-12-28)26(32)34-16-23-20-7-3-1-5-18(20)19-6-2-4-8-21(19)23/h1-10,15,23,27,33H,11-14,16H2,(H,30,31). The smallest absolute Gasteiger partial charge is 0.409 e. The van der Waals surface area contributed by atoms with Crippen molar-refractivity contribution in [2.45, 2.75) is 5.92 Å². The summed E-state index contributed by atoms with van der Waals surface area (Å²) in [5.41, 5.74) is 7.49. The summed E-state index contributed by atoms with van der Waals surface area (Å²) in [6, 6.07) is 21.3. The van der Waals surface area contributed by atoms with Crippen LogP contribution in [-0.4, -0.2) is 60.1 Å². The predicted octanol–water partition coefficient (Wildman–Crippen LogP) is 4.26. The molecule has 0 spiro atoms. The minimum atomic E-state index is -1.13. The molecule has 1 fully saturated rings. The van der Waals surface area contributed by atoms with E-state index in [0.717, 1.165) is 5.69 Å². The number of amides is 1. The Morgan fingerprint density at radius 3 is 2.12 bits per heavy atom. The molecule has 5 rings (SSSR count). The van der Waals surface area contributed by atoms with Crippen molar-refractivity contribution < 1.29 is 24.6 Å². The number of carboxylic acid groups (broad SMARTS) is 1. The zero-order chi connectivity index (χ0) is 23.7. The van der Waals surface area contributed by atoms with Crippen LogP contribution in [-0.2, 0) is 4.74 Å². The van der Waals surface area contributed by atoms with Crippen LogP contribution in [0, 0.1) is 0 Å². The lowest BCUT2D eigenvalue weighted by Gasteiger charge is -2.35. The van der Waals surface area contributed by atoms with Crippen LogP contribution in [0.5, 0.6) is 0 Å². The highest BCUT2D eigenvalue weighted by Crippen LogP contribution is 2.44. The Kier molecular flexibility index (Phi) is 5.81. The molecule has 0 saturated carbocycles. The van der Waals surface area contributed by atoms with Gasteiger partial charge in [0.05, 0.1) is 11.3 Å². The second kappa shape index (κ2) is 9.07. The van der Waals surface area contributed by atoms with Crippen molar-refractivity contribution in [3.05, 3.63) is 83.4 Å². The molecule has 8 nitrogen and oxygen atoms in total. The van der Waals surface area contributed by atoms with Gasteiger partial charge in [0.2, 0.25) is 0 Å². The van der Waals surface area contributed by atoms with Crippen LogP contribution in [0.4, 0.5) is 16.2 Å². The number of rotatable bonds is 5. The summed E-state index contributed by atoms with van der Waals surface area (Å²) in [6.07, 6.45) is -0.340. The third-order valence-corrected chi connectivity index (χ3v) is 6.59. The molecule has 174 valence electrons. The third kappa shape index (κ3) is 3.92. The number of hydrogen-bond donors (Lipinski definition) is 3. The molecule has 8 heteroatoms. The van der Waals surface area contributed by atoms with Gasteiger partial charge in [-0.3, -0.25) is 10.7 Å². The highest BCUT2D eigenvalue weighted by molar-refractivity contribution is 5.95. The maximum absolute atomic E-state index is 12.8. The highest BCUT2D eigenvalue weighted by Gasteiger charge is 2.30. The van der Waals surface area contributed by atoms with Gasteiger partial charge in [0.25, 0.3) is 0 Å². The number of benzene rings is 3. The second-order valence-corrected chi connectivity index (χ2v) is 8.42. The lowest BCUT2D eigenvalue weighted by Crippen LogP contribution is -2.49. The fraction of sp³-hybridized carbons (Fsp3) is 0.231. The number of nitrogens with one attached hydrogen (secondary N) is 1. The molecule has 0 bridgehead atoms. The SMILES string of the molecule is O=C(O)c1cc(N2CCN(C(=O)OCC3c4ccccc4-c4ccccc43)CC2)ccc1NO. The molecule has 0 radical (unpaired) electrons. The van der Waals surface area contributed by atoms with Gasteiger partial charge in [-0.1, -0.05) is 48.5 Å². The number of carbonyl (C=O) groups is 2. The molecule has 34 heavy (non-hydrogen) atoms. The number of nitrogens with zero attached hydrogens (tertiary/aromatic N) is 2. The Morgan fingerprint density at radius 1 is 0.912 bits per heavy atom.